The van der Waals surface area contributed by atoms with Gasteiger partial charge in [0.2, 0.25) is 0 Å². The average molecular weight is 172 g/mol. The topological polar surface area (TPSA) is 37.3 Å². The summed E-state index contributed by atoms with van der Waals surface area (Å²) < 4.78 is 8.46. The van der Waals surface area contributed by atoms with Crippen LogP contribution in [0.5, 0.6) is 0 Å². The van der Waals surface area contributed by atoms with E-state index in [2.05, 4.69) is 6.92 Å². The molecule has 1 N–H and O–H groups in total. The van der Waals surface area contributed by atoms with Gasteiger partial charge in [-0.25, -0.2) is 4.57 Å². The second-order valence-electron chi connectivity index (χ2n) is 0.582. The zero-order valence-corrected chi connectivity index (χ0v) is 8.29. The molecule has 4 heteroatoms. The summed E-state index contributed by atoms with van der Waals surface area (Å²) in [5.41, 5.74) is 0. The fraction of sp³-hybridized carbons (Fsp3) is 0.667. The van der Waals surface area contributed by atoms with Crippen molar-refractivity contribution in [1.82, 2.24) is 0 Å². The standard InChI is InChI=1S/C3H7.HO2P.Zn/c2*1-3-2;/h1,3H2,2H3;(H,1,2);/q-1;;. The summed E-state index contributed by atoms with van der Waals surface area (Å²) in [5.74, 6) is 0. The van der Waals surface area contributed by atoms with E-state index in [1.807, 2.05) is 6.92 Å². The maximum absolute atomic E-state index is 8.46. The zero-order chi connectivity index (χ0) is 5.41. The van der Waals surface area contributed by atoms with Crippen LogP contribution in [0.3, 0.4) is 0 Å². The van der Waals surface area contributed by atoms with Gasteiger partial charge in [0.25, 0.3) is 0 Å². The molecule has 2 nitrogen and oxygen atoms in total. The molecule has 7 heavy (non-hydrogen) atoms. The van der Waals surface area contributed by atoms with Crippen LogP contribution in [0.1, 0.15) is 13.3 Å². The quantitative estimate of drug-likeness (QED) is 0.341. The van der Waals surface area contributed by atoms with Gasteiger partial charge in [0.05, 0.1) is 0 Å². The molecule has 0 aromatic rings. The number of hydrogen-bond acceptors (Lipinski definition) is 1. The zero-order valence-electron chi connectivity index (χ0n) is 4.42. The molecule has 0 heterocycles. The van der Waals surface area contributed by atoms with Crippen molar-refractivity contribution in [3.63, 3.8) is 0 Å². The van der Waals surface area contributed by atoms with Crippen molar-refractivity contribution in [1.29, 1.82) is 0 Å². The second-order valence-corrected chi connectivity index (χ2v) is 0.745. The molecule has 0 saturated carbocycles. The van der Waals surface area contributed by atoms with Crippen LogP contribution in [0.15, 0.2) is 0 Å². The molecule has 0 saturated heterocycles. The van der Waals surface area contributed by atoms with Gasteiger partial charge >= 0.3 is 8.69 Å². The Morgan fingerprint density at radius 2 is 1.86 bits per heavy atom. The summed E-state index contributed by atoms with van der Waals surface area (Å²) in [4.78, 5) is 6.99. The van der Waals surface area contributed by atoms with Crippen LogP contribution in [-0.2, 0) is 24.0 Å². The van der Waals surface area contributed by atoms with Gasteiger partial charge in [-0.3, -0.25) is 0 Å². The van der Waals surface area contributed by atoms with Gasteiger partial charge in [-0.05, 0) is 0 Å². The van der Waals surface area contributed by atoms with E-state index in [9.17, 15) is 0 Å². The van der Waals surface area contributed by atoms with Crippen LogP contribution in [0.25, 0.3) is 0 Å². The number of hydrogen-bond donors (Lipinski definition) is 1. The summed E-state index contributed by atoms with van der Waals surface area (Å²) in [6.45, 7) is 5.50. The molecule has 0 aromatic heterocycles. The van der Waals surface area contributed by atoms with Crippen LogP contribution in [0.4, 0.5) is 0 Å². The van der Waals surface area contributed by atoms with Crippen molar-refractivity contribution >= 4 is 8.69 Å². The molecular formula is C3H8O2PZn-. The van der Waals surface area contributed by atoms with E-state index in [1.54, 1.807) is 0 Å². The Morgan fingerprint density at radius 1 is 1.86 bits per heavy atom. The normalized spacial score (nSPS) is 5.57. The van der Waals surface area contributed by atoms with Gasteiger partial charge in [0.1, 0.15) is 0 Å². The first-order valence-electron chi connectivity index (χ1n) is 1.59. The van der Waals surface area contributed by atoms with Crippen molar-refractivity contribution in [3.8, 4) is 0 Å². The van der Waals surface area contributed by atoms with Crippen molar-refractivity contribution < 1.29 is 28.9 Å². The Morgan fingerprint density at radius 3 is 1.86 bits per heavy atom. The first kappa shape index (κ1) is 15.6. The fourth-order valence-electron chi connectivity index (χ4n) is 0. The Labute approximate surface area is 58.4 Å². The largest absolute Gasteiger partial charge is 0.344 e. The third-order valence-corrected chi connectivity index (χ3v) is 0. The van der Waals surface area contributed by atoms with Crippen molar-refractivity contribution in [2.75, 3.05) is 0 Å². The minimum absolute atomic E-state index is 0. The fourth-order valence-corrected chi connectivity index (χ4v) is 0. The monoisotopic (exact) mass is 171 g/mol. The minimum Gasteiger partial charge on any atom is -0.344 e. The van der Waals surface area contributed by atoms with Gasteiger partial charge in [0.15, 0.2) is 0 Å². The molecule has 0 atom stereocenters. The first-order valence-corrected chi connectivity index (χ1v) is 2.35. The molecule has 0 aromatic carbocycles. The molecule has 0 fully saturated rings. The van der Waals surface area contributed by atoms with E-state index in [4.69, 9.17) is 9.46 Å². The first-order chi connectivity index (χ1) is 2.83. The van der Waals surface area contributed by atoms with Gasteiger partial charge in [0, 0.05) is 19.5 Å². The third-order valence-electron chi connectivity index (χ3n) is 0. The maximum Gasteiger partial charge on any atom is 0.324 e. The van der Waals surface area contributed by atoms with Crippen LogP contribution in [-0.4, -0.2) is 4.89 Å². The van der Waals surface area contributed by atoms with Crippen LogP contribution in [0.2, 0.25) is 0 Å². The van der Waals surface area contributed by atoms with E-state index in [-0.39, 0.29) is 19.5 Å². The Balaban J connectivity index is -0.0000000400. The molecule has 0 rings (SSSR count). The van der Waals surface area contributed by atoms with E-state index >= 15 is 0 Å². The smallest absolute Gasteiger partial charge is 0.324 e. The summed E-state index contributed by atoms with van der Waals surface area (Å²) >= 11 is 0. The van der Waals surface area contributed by atoms with Gasteiger partial charge < -0.3 is 11.8 Å². The predicted octanol–water partition coefficient (Wildman–Crippen LogP) is 1.41. The van der Waals surface area contributed by atoms with Crippen molar-refractivity contribution in [3.05, 3.63) is 6.92 Å². The van der Waals surface area contributed by atoms with Crippen LogP contribution >= 0.6 is 8.69 Å². The van der Waals surface area contributed by atoms with Crippen molar-refractivity contribution in [2.45, 2.75) is 13.3 Å². The van der Waals surface area contributed by atoms with Gasteiger partial charge in [-0.15, -0.1) is 0 Å². The molecule has 0 aliphatic heterocycles. The van der Waals surface area contributed by atoms with E-state index < -0.39 is 8.69 Å². The molecular weight excluding hydrogens is 164 g/mol. The summed E-state index contributed by atoms with van der Waals surface area (Å²) in [5, 5.41) is 0. The summed E-state index contributed by atoms with van der Waals surface area (Å²) in [6, 6.07) is 0. The molecule has 0 amide bonds. The molecule has 0 aliphatic rings. The summed E-state index contributed by atoms with van der Waals surface area (Å²) in [7, 11) is -0.833. The Hall–Kier alpha value is 0.683. The minimum atomic E-state index is -0.833. The van der Waals surface area contributed by atoms with Crippen molar-refractivity contribution in [2.24, 2.45) is 0 Å². The van der Waals surface area contributed by atoms with Crippen LogP contribution < -0.4 is 0 Å². The van der Waals surface area contributed by atoms with E-state index in [1.165, 1.54) is 0 Å². The molecule has 0 aliphatic carbocycles. The van der Waals surface area contributed by atoms with E-state index in [0.29, 0.717) is 0 Å². The van der Waals surface area contributed by atoms with Crippen LogP contribution in [0, 0.1) is 6.92 Å². The second kappa shape index (κ2) is 30.0. The summed E-state index contributed by atoms with van der Waals surface area (Å²) in [6.07, 6.45) is 1.00. The van der Waals surface area contributed by atoms with E-state index in [0.717, 1.165) is 6.42 Å². The molecule has 0 spiro atoms. The molecule has 40 valence electrons. The SMILES string of the molecule is O=PO.[CH2-]CC.[Zn]. The average Bonchev–Trinajstić information content (AvgIpc) is 1.39. The van der Waals surface area contributed by atoms with Gasteiger partial charge in [-0.1, -0.05) is 6.92 Å². The van der Waals surface area contributed by atoms with Gasteiger partial charge in [-0.2, -0.15) is 6.42 Å². The Bertz CT molecular complexity index is 26.9. The molecule has 0 unspecified atom stereocenters. The number of rotatable bonds is 0. The third kappa shape index (κ3) is 314. The molecule has 0 radical (unpaired) electrons. The Kier molecular flexibility index (Phi) is 67.0. The maximum atomic E-state index is 8.46. The predicted molar refractivity (Wildman–Crippen MR) is 25.5 cm³/mol. The molecule has 0 bridgehead atoms.